The summed E-state index contributed by atoms with van der Waals surface area (Å²) < 4.78 is 0. The zero-order valence-corrected chi connectivity index (χ0v) is 12.2. The van der Waals surface area contributed by atoms with Crippen LogP contribution in [0.5, 0.6) is 0 Å². The average molecular weight is 299 g/mol. The predicted octanol–water partition coefficient (Wildman–Crippen LogP) is 3.60. The van der Waals surface area contributed by atoms with Gasteiger partial charge >= 0.3 is 5.69 Å². The van der Waals surface area contributed by atoms with Crippen molar-refractivity contribution in [3.63, 3.8) is 0 Å². The van der Waals surface area contributed by atoms with Crippen molar-refractivity contribution in [2.75, 3.05) is 11.9 Å². The Hall–Kier alpha value is -1.33. The molecule has 0 heterocycles. The second kappa shape index (κ2) is 5.97. The van der Waals surface area contributed by atoms with Gasteiger partial charge in [0.2, 0.25) is 0 Å². The molecule has 1 aliphatic rings. The number of hydrogen-bond donors (Lipinski definition) is 2. The molecule has 0 atom stereocenters. The number of nitrogens with zero attached hydrogens (tertiary/aromatic N) is 1. The molecule has 0 bridgehead atoms. The smallest absolute Gasteiger partial charge is 0.310 e. The van der Waals surface area contributed by atoms with Gasteiger partial charge in [-0.25, -0.2) is 0 Å². The maximum Gasteiger partial charge on any atom is 0.310 e. The number of anilines is 1. The first kappa shape index (κ1) is 15.1. The molecule has 110 valence electrons. The number of aliphatic hydroxyl groups is 1. The summed E-state index contributed by atoms with van der Waals surface area (Å²) >= 11 is 5.86. The van der Waals surface area contributed by atoms with E-state index in [-0.39, 0.29) is 10.7 Å². The molecule has 1 aliphatic carbocycles. The molecule has 2 rings (SSSR count). The second-order valence-electron chi connectivity index (χ2n) is 5.65. The highest BCUT2D eigenvalue weighted by molar-refractivity contribution is 6.33. The molecule has 0 spiro atoms. The lowest BCUT2D eigenvalue weighted by molar-refractivity contribution is -0.383. The van der Waals surface area contributed by atoms with Crippen LogP contribution < -0.4 is 5.32 Å². The normalized spacial score (nSPS) is 26.2. The van der Waals surface area contributed by atoms with E-state index < -0.39 is 10.5 Å². The summed E-state index contributed by atoms with van der Waals surface area (Å²) in [4.78, 5) is 10.5. The first-order valence-electron chi connectivity index (χ1n) is 6.80. The van der Waals surface area contributed by atoms with E-state index in [1.54, 1.807) is 12.1 Å². The highest BCUT2D eigenvalue weighted by Gasteiger charge is 2.32. The Morgan fingerprint density at radius 3 is 2.75 bits per heavy atom. The van der Waals surface area contributed by atoms with Crippen LogP contribution in [0.15, 0.2) is 18.2 Å². The largest absolute Gasteiger partial charge is 0.388 e. The molecular formula is C14H19ClN2O3. The monoisotopic (exact) mass is 298 g/mol. The van der Waals surface area contributed by atoms with Crippen LogP contribution in [0, 0.1) is 16.0 Å². The van der Waals surface area contributed by atoms with Crippen molar-refractivity contribution in [1.29, 1.82) is 0 Å². The van der Waals surface area contributed by atoms with Crippen LogP contribution in [0.2, 0.25) is 5.02 Å². The third-order valence-corrected chi connectivity index (χ3v) is 4.29. The van der Waals surface area contributed by atoms with Gasteiger partial charge in [0.15, 0.2) is 0 Å². The van der Waals surface area contributed by atoms with Crippen LogP contribution in [0.25, 0.3) is 0 Å². The summed E-state index contributed by atoms with van der Waals surface area (Å²) in [5, 5.41) is 24.6. The molecular weight excluding hydrogens is 280 g/mol. The fourth-order valence-corrected chi connectivity index (χ4v) is 2.82. The average Bonchev–Trinajstić information content (AvgIpc) is 2.40. The molecule has 1 aromatic carbocycles. The maximum atomic E-state index is 11.0. The van der Waals surface area contributed by atoms with E-state index in [9.17, 15) is 15.2 Å². The lowest BCUT2D eigenvalue weighted by Gasteiger charge is -2.35. The van der Waals surface area contributed by atoms with Crippen molar-refractivity contribution in [3.05, 3.63) is 33.3 Å². The van der Waals surface area contributed by atoms with Crippen molar-refractivity contribution >= 4 is 23.0 Å². The van der Waals surface area contributed by atoms with E-state index in [1.807, 2.05) is 0 Å². The van der Waals surface area contributed by atoms with Gasteiger partial charge in [0.05, 0.1) is 10.5 Å². The summed E-state index contributed by atoms with van der Waals surface area (Å²) in [6.07, 6.45) is 3.40. The van der Waals surface area contributed by atoms with E-state index in [1.165, 1.54) is 6.07 Å². The number of nitro groups is 1. The third-order valence-electron chi connectivity index (χ3n) is 3.98. The van der Waals surface area contributed by atoms with E-state index in [0.717, 1.165) is 25.7 Å². The zero-order valence-electron chi connectivity index (χ0n) is 11.4. The molecule has 1 fully saturated rings. The number of benzene rings is 1. The Balaban J connectivity index is 2.08. The fraction of sp³-hybridized carbons (Fsp3) is 0.571. The topological polar surface area (TPSA) is 75.4 Å². The summed E-state index contributed by atoms with van der Waals surface area (Å²) in [5.41, 5.74) is -0.570. The summed E-state index contributed by atoms with van der Waals surface area (Å²) in [5.74, 6) is 0.635. The number of para-hydroxylation sites is 1. The quantitative estimate of drug-likeness (QED) is 0.658. The molecule has 1 saturated carbocycles. The van der Waals surface area contributed by atoms with Crippen molar-refractivity contribution in [3.8, 4) is 0 Å². The van der Waals surface area contributed by atoms with Crippen molar-refractivity contribution in [2.45, 2.75) is 38.2 Å². The van der Waals surface area contributed by atoms with Crippen molar-refractivity contribution in [2.24, 2.45) is 5.92 Å². The molecule has 6 heteroatoms. The zero-order chi connectivity index (χ0) is 14.8. The minimum atomic E-state index is -0.789. The number of halogens is 1. The predicted molar refractivity (Wildman–Crippen MR) is 79.2 cm³/mol. The molecule has 1 aromatic rings. The lowest BCUT2D eigenvalue weighted by atomic mass is 9.79. The van der Waals surface area contributed by atoms with Gasteiger partial charge in [-0.3, -0.25) is 10.1 Å². The molecule has 0 aliphatic heterocycles. The van der Waals surface area contributed by atoms with Gasteiger partial charge in [-0.1, -0.05) is 24.6 Å². The van der Waals surface area contributed by atoms with E-state index in [2.05, 4.69) is 12.2 Å². The van der Waals surface area contributed by atoms with Crippen LogP contribution in [-0.4, -0.2) is 22.2 Å². The van der Waals surface area contributed by atoms with E-state index in [4.69, 9.17) is 11.6 Å². The number of nitrogens with one attached hydrogen (secondary N) is 1. The Morgan fingerprint density at radius 1 is 1.50 bits per heavy atom. The third kappa shape index (κ3) is 3.41. The first-order chi connectivity index (χ1) is 9.41. The van der Waals surface area contributed by atoms with Gasteiger partial charge in [0.1, 0.15) is 10.7 Å². The van der Waals surface area contributed by atoms with Crippen LogP contribution in [0.3, 0.4) is 0 Å². The highest BCUT2D eigenvalue weighted by Crippen LogP contribution is 2.35. The second-order valence-corrected chi connectivity index (χ2v) is 6.06. The summed E-state index contributed by atoms with van der Waals surface area (Å²) in [6.45, 7) is 2.48. The molecule has 20 heavy (non-hydrogen) atoms. The van der Waals surface area contributed by atoms with Gasteiger partial charge in [-0.2, -0.15) is 0 Å². The number of rotatable bonds is 4. The van der Waals surface area contributed by atoms with Crippen molar-refractivity contribution in [1.82, 2.24) is 0 Å². The van der Waals surface area contributed by atoms with Crippen LogP contribution in [0.4, 0.5) is 11.4 Å². The van der Waals surface area contributed by atoms with Crippen LogP contribution in [-0.2, 0) is 0 Å². The molecule has 5 nitrogen and oxygen atoms in total. The lowest BCUT2D eigenvalue weighted by Crippen LogP contribution is -2.40. The van der Waals surface area contributed by atoms with Crippen LogP contribution >= 0.6 is 11.6 Å². The summed E-state index contributed by atoms with van der Waals surface area (Å²) in [6, 6.07) is 4.76. The Labute approximate surface area is 123 Å². The standard InChI is InChI=1S/C14H19ClN2O3/c1-10-5-7-14(18,8-6-10)9-16-12-4-2-3-11(15)13(12)17(19)20/h2-4,10,16,18H,5-9H2,1H3. The van der Waals surface area contributed by atoms with Crippen LogP contribution in [0.1, 0.15) is 32.6 Å². The molecule has 0 amide bonds. The minimum Gasteiger partial charge on any atom is -0.388 e. The van der Waals surface area contributed by atoms with Gasteiger partial charge in [-0.15, -0.1) is 0 Å². The Bertz CT molecular complexity index is 499. The fourth-order valence-electron chi connectivity index (χ4n) is 2.58. The minimum absolute atomic E-state index is 0.101. The van der Waals surface area contributed by atoms with Gasteiger partial charge in [0.25, 0.3) is 0 Å². The first-order valence-corrected chi connectivity index (χ1v) is 7.18. The molecule has 0 aromatic heterocycles. The highest BCUT2D eigenvalue weighted by atomic mass is 35.5. The van der Waals surface area contributed by atoms with E-state index >= 15 is 0 Å². The molecule has 0 unspecified atom stereocenters. The molecule has 0 saturated heterocycles. The molecule has 2 N–H and O–H groups in total. The Kier molecular flexibility index (Phi) is 4.50. The van der Waals surface area contributed by atoms with Gasteiger partial charge < -0.3 is 10.4 Å². The van der Waals surface area contributed by atoms with Gasteiger partial charge in [-0.05, 0) is 43.7 Å². The molecule has 0 radical (unpaired) electrons. The number of hydrogen-bond acceptors (Lipinski definition) is 4. The van der Waals surface area contributed by atoms with E-state index in [0.29, 0.717) is 18.2 Å². The van der Waals surface area contributed by atoms with Crippen molar-refractivity contribution < 1.29 is 10.0 Å². The Morgan fingerprint density at radius 2 is 2.15 bits per heavy atom. The van der Waals surface area contributed by atoms with Gasteiger partial charge in [0, 0.05) is 6.54 Å². The SMILES string of the molecule is CC1CCC(O)(CNc2cccc(Cl)c2[N+](=O)[O-])CC1. The summed E-state index contributed by atoms with van der Waals surface area (Å²) in [7, 11) is 0. The maximum absolute atomic E-state index is 11.0. The number of nitro benzene ring substituents is 1.